The number of rotatable bonds is 6. The number of aryl methyl sites for hydroxylation is 2. The van der Waals surface area contributed by atoms with Gasteiger partial charge in [0, 0.05) is 22.3 Å². The lowest BCUT2D eigenvalue weighted by atomic mass is 9.88. The molecule has 0 aliphatic carbocycles. The molecule has 1 unspecified atom stereocenters. The van der Waals surface area contributed by atoms with Crippen LogP contribution in [0, 0.1) is 19.7 Å². The molecule has 38 heavy (non-hydrogen) atoms. The van der Waals surface area contributed by atoms with Crippen molar-refractivity contribution in [1.82, 2.24) is 20.2 Å². The van der Waals surface area contributed by atoms with E-state index in [2.05, 4.69) is 51.5 Å². The van der Waals surface area contributed by atoms with Crippen molar-refractivity contribution >= 4 is 17.2 Å². The van der Waals surface area contributed by atoms with Gasteiger partial charge in [-0.1, -0.05) is 24.3 Å². The number of halogens is 1. The van der Waals surface area contributed by atoms with Crippen LogP contribution in [0.3, 0.4) is 0 Å². The van der Waals surface area contributed by atoms with Gasteiger partial charge in [0.05, 0.1) is 0 Å². The Morgan fingerprint density at radius 1 is 1.03 bits per heavy atom. The number of aromatic hydroxyl groups is 1. The van der Waals surface area contributed by atoms with Gasteiger partial charge in [0.2, 0.25) is 0 Å². The third-order valence-corrected chi connectivity index (χ3v) is 8.11. The van der Waals surface area contributed by atoms with E-state index < -0.39 is 17.8 Å². The smallest absolute Gasteiger partial charge is 0.270 e. The molecule has 1 saturated heterocycles. The van der Waals surface area contributed by atoms with Crippen LogP contribution in [-0.2, 0) is 0 Å². The Morgan fingerprint density at radius 3 is 2.45 bits per heavy atom. The molecule has 1 amide bonds. The highest BCUT2D eigenvalue weighted by Gasteiger charge is 2.25. The molecule has 2 aromatic carbocycles. The summed E-state index contributed by atoms with van der Waals surface area (Å²) in [5, 5.41) is 15.8. The minimum atomic E-state index is -0.823. The predicted molar refractivity (Wildman–Crippen MR) is 148 cm³/mol. The lowest BCUT2D eigenvalue weighted by molar-refractivity contribution is 0.0937. The summed E-state index contributed by atoms with van der Waals surface area (Å²) in [7, 11) is 2.17. The van der Waals surface area contributed by atoms with Crippen LogP contribution in [0.5, 0.6) is 5.75 Å². The number of nitrogens with one attached hydrogen (secondary N) is 1. The number of hydrogen-bond acceptors (Lipinski definition) is 6. The van der Waals surface area contributed by atoms with Crippen LogP contribution in [0.1, 0.15) is 62.8 Å². The highest BCUT2D eigenvalue weighted by Crippen LogP contribution is 2.33. The molecule has 8 heteroatoms. The Hall–Kier alpha value is -3.62. The van der Waals surface area contributed by atoms with Gasteiger partial charge in [-0.15, -0.1) is 11.3 Å². The average Bonchev–Trinajstić information content (AvgIpc) is 3.34. The molecular weight excluding hydrogens is 499 g/mol. The van der Waals surface area contributed by atoms with Crippen molar-refractivity contribution in [1.29, 1.82) is 0 Å². The number of phenolic OH excluding ortho intramolecular Hbond substituents is 1. The van der Waals surface area contributed by atoms with E-state index in [0.717, 1.165) is 42.8 Å². The number of piperidine rings is 1. The molecule has 5 rings (SSSR count). The van der Waals surface area contributed by atoms with Gasteiger partial charge >= 0.3 is 0 Å². The number of hydrogen-bond donors (Lipinski definition) is 2. The van der Waals surface area contributed by atoms with Gasteiger partial charge in [0.15, 0.2) is 0 Å². The third-order valence-electron chi connectivity index (χ3n) is 7.08. The minimum Gasteiger partial charge on any atom is -0.508 e. The van der Waals surface area contributed by atoms with E-state index in [1.807, 2.05) is 25.3 Å². The Bertz CT molecular complexity index is 1450. The monoisotopic (exact) mass is 530 g/mol. The second-order valence-corrected chi connectivity index (χ2v) is 10.9. The number of phenols is 1. The van der Waals surface area contributed by atoms with E-state index in [-0.39, 0.29) is 17.0 Å². The molecule has 4 aromatic rings. The summed E-state index contributed by atoms with van der Waals surface area (Å²) in [5.74, 6) is -0.483. The van der Waals surface area contributed by atoms with E-state index in [1.165, 1.54) is 35.1 Å². The van der Waals surface area contributed by atoms with E-state index in [9.17, 15) is 14.3 Å². The standard InChI is InChI=1S/C30H31FN4O2S/c1-18-14-23(21-6-4-20(5-7-21)22-10-12-35(3)13-11-22)15-26(32-18)29(37)34-28(30-33-19(2)17-38-30)25-16-24(31)8-9-27(25)36/h4-9,14-17,22,28,36H,10-13H2,1-3H3,(H,34,37). The number of carbonyl (C=O) groups is 1. The molecule has 196 valence electrons. The van der Waals surface area contributed by atoms with Gasteiger partial charge in [0.1, 0.15) is 28.3 Å². The van der Waals surface area contributed by atoms with Crippen LogP contribution < -0.4 is 5.32 Å². The second kappa shape index (κ2) is 11.0. The number of nitrogens with zero attached hydrogens (tertiary/aromatic N) is 3. The number of carbonyl (C=O) groups excluding carboxylic acids is 1. The fourth-order valence-corrected chi connectivity index (χ4v) is 5.84. The molecular formula is C30H31FN4O2S. The van der Waals surface area contributed by atoms with Gasteiger partial charge in [-0.3, -0.25) is 4.79 Å². The van der Waals surface area contributed by atoms with E-state index in [4.69, 9.17) is 0 Å². The largest absolute Gasteiger partial charge is 0.508 e. The fourth-order valence-electron chi connectivity index (χ4n) is 4.98. The van der Waals surface area contributed by atoms with Gasteiger partial charge in [-0.05, 0) is 99.8 Å². The van der Waals surface area contributed by atoms with E-state index >= 15 is 0 Å². The maximum Gasteiger partial charge on any atom is 0.270 e. The minimum absolute atomic E-state index is 0.118. The van der Waals surface area contributed by atoms with E-state index in [0.29, 0.717) is 16.6 Å². The van der Waals surface area contributed by atoms with Crippen molar-refractivity contribution in [2.24, 2.45) is 0 Å². The highest BCUT2D eigenvalue weighted by atomic mass is 32.1. The summed E-state index contributed by atoms with van der Waals surface area (Å²) in [6, 6.07) is 15.2. The Morgan fingerprint density at radius 2 is 1.76 bits per heavy atom. The van der Waals surface area contributed by atoms with Crippen LogP contribution in [0.15, 0.2) is 60.0 Å². The summed E-state index contributed by atoms with van der Waals surface area (Å²) < 4.78 is 14.1. The molecule has 1 fully saturated rings. The zero-order valence-corrected chi connectivity index (χ0v) is 22.6. The van der Waals surface area contributed by atoms with Gasteiger partial charge in [-0.25, -0.2) is 14.4 Å². The van der Waals surface area contributed by atoms with Crippen molar-refractivity contribution in [3.8, 4) is 16.9 Å². The molecule has 0 spiro atoms. The molecule has 0 saturated carbocycles. The third kappa shape index (κ3) is 5.76. The molecule has 6 nitrogen and oxygen atoms in total. The first kappa shape index (κ1) is 26.0. The van der Waals surface area contributed by atoms with Crippen molar-refractivity contribution in [3.63, 3.8) is 0 Å². The van der Waals surface area contributed by atoms with Crippen LogP contribution in [0.25, 0.3) is 11.1 Å². The topological polar surface area (TPSA) is 78.4 Å². The maximum absolute atomic E-state index is 14.1. The lowest BCUT2D eigenvalue weighted by Crippen LogP contribution is -2.30. The Kier molecular flexibility index (Phi) is 7.53. The zero-order chi connectivity index (χ0) is 26.8. The van der Waals surface area contributed by atoms with Gasteiger partial charge in [0.25, 0.3) is 5.91 Å². The molecule has 2 N–H and O–H groups in total. The summed E-state index contributed by atoms with van der Waals surface area (Å²) in [4.78, 5) is 24.8. The van der Waals surface area contributed by atoms with E-state index in [1.54, 1.807) is 6.07 Å². The summed E-state index contributed by atoms with van der Waals surface area (Å²) in [5.41, 5.74) is 5.23. The highest BCUT2D eigenvalue weighted by molar-refractivity contribution is 7.09. The SMILES string of the molecule is Cc1cc(-c2ccc(C3CCN(C)CC3)cc2)cc(C(=O)NC(c2nc(C)cs2)c2cc(F)ccc2O)n1. The van der Waals surface area contributed by atoms with Crippen molar-refractivity contribution < 1.29 is 14.3 Å². The average molecular weight is 531 g/mol. The Balaban J connectivity index is 1.41. The van der Waals surface area contributed by atoms with Gasteiger partial charge < -0.3 is 15.3 Å². The molecule has 3 heterocycles. The number of likely N-dealkylation sites (tertiary alicyclic amines) is 1. The van der Waals surface area contributed by atoms with Crippen LogP contribution in [0.4, 0.5) is 4.39 Å². The normalized spacial score (nSPS) is 15.4. The number of pyridine rings is 1. The number of benzene rings is 2. The van der Waals surface area contributed by atoms with Crippen molar-refractivity contribution in [2.75, 3.05) is 20.1 Å². The first-order chi connectivity index (χ1) is 18.3. The summed E-state index contributed by atoms with van der Waals surface area (Å²) in [6.45, 7) is 5.93. The molecule has 1 aliphatic rings. The van der Waals surface area contributed by atoms with Crippen molar-refractivity contribution in [3.05, 3.63) is 99.0 Å². The predicted octanol–water partition coefficient (Wildman–Crippen LogP) is 6.00. The Labute approximate surface area is 226 Å². The first-order valence-corrected chi connectivity index (χ1v) is 13.6. The number of thiazole rings is 1. The number of aromatic nitrogens is 2. The summed E-state index contributed by atoms with van der Waals surface area (Å²) in [6.07, 6.45) is 2.32. The maximum atomic E-state index is 14.1. The van der Waals surface area contributed by atoms with Crippen LogP contribution in [0.2, 0.25) is 0 Å². The molecule has 0 radical (unpaired) electrons. The van der Waals surface area contributed by atoms with Crippen molar-refractivity contribution in [2.45, 2.75) is 38.6 Å². The second-order valence-electron chi connectivity index (χ2n) is 10.0. The molecule has 1 aliphatic heterocycles. The lowest BCUT2D eigenvalue weighted by Gasteiger charge is -2.29. The first-order valence-electron chi connectivity index (χ1n) is 12.8. The van der Waals surface area contributed by atoms with Crippen LogP contribution >= 0.6 is 11.3 Å². The quantitative estimate of drug-likeness (QED) is 0.320. The number of amides is 1. The summed E-state index contributed by atoms with van der Waals surface area (Å²) >= 11 is 1.34. The van der Waals surface area contributed by atoms with Crippen LogP contribution in [-0.4, -0.2) is 46.0 Å². The zero-order valence-electron chi connectivity index (χ0n) is 21.7. The fraction of sp³-hybridized carbons (Fsp3) is 0.300. The molecule has 1 atom stereocenters. The van der Waals surface area contributed by atoms with Gasteiger partial charge in [-0.2, -0.15) is 0 Å². The molecule has 2 aromatic heterocycles. The molecule has 0 bridgehead atoms.